The number of aromatic nitrogens is 3. The zero-order valence-electron chi connectivity index (χ0n) is 13.2. The maximum Gasteiger partial charge on any atom is 0.244 e. The van der Waals surface area contributed by atoms with Crippen LogP contribution in [0.2, 0.25) is 0 Å². The van der Waals surface area contributed by atoms with E-state index >= 15 is 0 Å². The third-order valence-electron chi connectivity index (χ3n) is 5.82. The number of nitrogens with zero attached hydrogens (tertiary/aromatic N) is 3. The van der Waals surface area contributed by atoms with Gasteiger partial charge in [-0.1, -0.05) is 13.8 Å². The van der Waals surface area contributed by atoms with E-state index in [9.17, 15) is 0 Å². The molecule has 5 heteroatoms. The van der Waals surface area contributed by atoms with E-state index in [0.717, 1.165) is 36.8 Å². The third kappa shape index (κ3) is 2.56. The molecule has 1 aromatic heterocycles. The van der Waals surface area contributed by atoms with Crippen LogP contribution in [-0.4, -0.2) is 40.9 Å². The first kappa shape index (κ1) is 13.6. The Kier molecular flexibility index (Phi) is 3.21. The maximum absolute atomic E-state index is 4.76. The van der Waals surface area contributed by atoms with Crippen molar-refractivity contribution in [3.8, 4) is 0 Å². The number of H-pyrrole nitrogens is 1. The number of hydrogen-bond acceptors (Lipinski definition) is 4. The summed E-state index contributed by atoms with van der Waals surface area (Å²) in [6.07, 6.45) is 6.50. The summed E-state index contributed by atoms with van der Waals surface area (Å²) in [5, 5.41) is 11.3. The van der Waals surface area contributed by atoms with Crippen LogP contribution in [-0.2, 0) is 0 Å². The van der Waals surface area contributed by atoms with Gasteiger partial charge in [0.15, 0.2) is 0 Å². The van der Waals surface area contributed by atoms with Crippen molar-refractivity contribution < 1.29 is 0 Å². The highest BCUT2D eigenvalue weighted by Gasteiger charge is 2.48. The molecule has 0 amide bonds. The Morgan fingerprint density at radius 3 is 2.57 bits per heavy atom. The molecule has 3 fully saturated rings. The van der Waals surface area contributed by atoms with E-state index in [-0.39, 0.29) is 0 Å². The molecule has 3 aliphatic rings. The van der Waals surface area contributed by atoms with Crippen LogP contribution < -0.4 is 10.2 Å². The van der Waals surface area contributed by atoms with E-state index in [0.29, 0.717) is 11.3 Å². The lowest BCUT2D eigenvalue weighted by atomic mass is 9.89. The smallest absolute Gasteiger partial charge is 0.244 e. The SMILES string of the molecule is CC1(C)CC1c1nc(N2CCC(C3CCCN3)CC2)n[nH]1. The second kappa shape index (κ2) is 4.97. The van der Waals surface area contributed by atoms with Crippen LogP contribution in [0.4, 0.5) is 5.95 Å². The van der Waals surface area contributed by atoms with Crippen molar-refractivity contribution in [3.63, 3.8) is 0 Å². The summed E-state index contributed by atoms with van der Waals surface area (Å²) < 4.78 is 0. The lowest BCUT2D eigenvalue weighted by molar-refractivity contribution is 0.317. The minimum atomic E-state index is 0.415. The van der Waals surface area contributed by atoms with Gasteiger partial charge in [0.1, 0.15) is 5.82 Å². The molecule has 21 heavy (non-hydrogen) atoms. The molecule has 2 N–H and O–H groups in total. The second-order valence-electron chi connectivity index (χ2n) is 7.79. The minimum absolute atomic E-state index is 0.415. The molecule has 1 aliphatic carbocycles. The van der Waals surface area contributed by atoms with Crippen LogP contribution >= 0.6 is 0 Å². The Morgan fingerprint density at radius 2 is 1.95 bits per heavy atom. The van der Waals surface area contributed by atoms with Crippen molar-refractivity contribution in [1.82, 2.24) is 20.5 Å². The zero-order valence-corrected chi connectivity index (χ0v) is 13.2. The zero-order chi connectivity index (χ0) is 14.4. The average Bonchev–Trinajstić information content (AvgIpc) is 2.99. The highest BCUT2D eigenvalue weighted by Crippen LogP contribution is 2.57. The van der Waals surface area contributed by atoms with Crippen molar-refractivity contribution in [2.45, 2.75) is 57.9 Å². The van der Waals surface area contributed by atoms with Crippen molar-refractivity contribution in [3.05, 3.63) is 5.82 Å². The normalized spacial score (nSPS) is 32.6. The van der Waals surface area contributed by atoms with Crippen LogP contribution in [0, 0.1) is 11.3 Å². The Balaban J connectivity index is 1.36. The number of anilines is 1. The number of nitrogens with one attached hydrogen (secondary N) is 2. The van der Waals surface area contributed by atoms with E-state index in [2.05, 4.69) is 34.3 Å². The number of rotatable bonds is 3. The maximum atomic E-state index is 4.76. The molecule has 5 nitrogen and oxygen atoms in total. The fourth-order valence-electron chi connectivity index (χ4n) is 4.11. The summed E-state index contributed by atoms with van der Waals surface area (Å²) in [6.45, 7) is 8.04. The Bertz CT molecular complexity index is 495. The largest absolute Gasteiger partial charge is 0.340 e. The van der Waals surface area contributed by atoms with Gasteiger partial charge in [-0.15, -0.1) is 5.10 Å². The van der Waals surface area contributed by atoms with Crippen molar-refractivity contribution in [2.24, 2.45) is 11.3 Å². The van der Waals surface area contributed by atoms with Crippen LogP contribution in [0.25, 0.3) is 0 Å². The molecule has 2 aliphatic heterocycles. The number of hydrogen-bond donors (Lipinski definition) is 2. The van der Waals surface area contributed by atoms with Gasteiger partial charge in [0.05, 0.1) is 0 Å². The summed E-state index contributed by atoms with van der Waals surface area (Å²) in [7, 11) is 0. The van der Waals surface area contributed by atoms with Crippen molar-refractivity contribution in [2.75, 3.05) is 24.5 Å². The first-order chi connectivity index (χ1) is 10.1. The van der Waals surface area contributed by atoms with Crippen molar-refractivity contribution >= 4 is 5.95 Å². The van der Waals surface area contributed by atoms with Gasteiger partial charge in [-0.25, -0.2) is 0 Å². The quantitative estimate of drug-likeness (QED) is 0.896. The lowest BCUT2D eigenvalue weighted by Crippen LogP contribution is -2.41. The molecule has 2 saturated heterocycles. The van der Waals surface area contributed by atoms with E-state index in [1.165, 1.54) is 38.6 Å². The first-order valence-corrected chi connectivity index (χ1v) is 8.54. The Morgan fingerprint density at radius 1 is 1.19 bits per heavy atom. The molecule has 116 valence electrons. The van der Waals surface area contributed by atoms with Crippen LogP contribution in [0.15, 0.2) is 0 Å². The molecule has 4 rings (SSSR count). The standard InChI is InChI=1S/C16H27N5/c1-16(2)10-12(16)14-18-15(20-19-14)21-8-5-11(6-9-21)13-4-3-7-17-13/h11-13,17H,3-10H2,1-2H3,(H,18,19,20). The molecule has 1 saturated carbocycles. The van der Waals surface area contributed by atoms with Crippen LogP contribution in [0.1, 0.15) is 57.7 Å². The summed E-state index contributed by atoms with van der Waals surface area (Å²) in [5.74, 6) is 3.45. The second-order valence-corrected chi connectivity index (χ2v) is 7.79. The summed E-state index contributed by atoms with van der Waals surface area (Å²) in [6, 6.07) is 0.766. The van der Waals surface area contributed by atoms with Gasteiger partial charge in [0.25, 0.3) is 0 Å². The summed E-state index contributed by atoms with van der Waals surface area (Å²) in [4.78, 5) is 7.12. The summed E-state index contributed by atoms with van der Waals surface area (Å²) >= 11 is 0. The number of piperidine rings is 1. The highest BCUT2D eigenvalue weighted by molar-refractivity contribution is 5.31. The van der Waals surface area contributed by atoms with E-state index < -0.39 is 0 Å². The molecule has 0 aromatic carbocycles. The molecule has 2 atom stereocenters. The molecule has 1 aromatic rings. The van der Waals surface area contributed by atoms with Gasteiger partial charge >= 0.3 is 0 Å². The van der Waals surface area contributed by atoms with Gasteiger partial charge in [-0.2, -0.15) is 4.98 Å². The predicted molar refractivity (Wildman–Crippen MR) is 83.5 cm³/mol. The number of aromatic amines is 1. The fraction of sp³-hybridized carbons (Fsp3) is 0.875. The third-order valence-corrected chi connectivity index (χ3v) is 5.82. The monoisotopic (exact) mass is 289 g/mol. The van der Waals surface area contributed by atoms with Gasteiger partial charge in [-0.3, -0.25) is 5.10 Å². The van der Waals surface area contributed by atoms with Gasteiger partial charge in [0, 0.05) is 25.0 Å². The molecule has 0 bridgehead atoms. The predicted octanol–water partition coefficient (Wildman–Crippen LogP) is 2.29. The van der Waals surface area contributed by atoms with Crippen molar-refractivity contribution in [1.29, 1.82) is 0 Å². The topological polar surface area (TPSA) is 56.8 Å². The fourth-order valence-corrected chi connectivity index (χ4v) is 4.11. The Hall–Kier alpha value is -1.10. The van der Waals surface area contributed by atoms with Crippen LogP contribution in [0.3, 0.4) is 0 Å². The summed E-state index contributed by atoms with van der Waals surface area (Å²) in [5.41, 5.74) is 0.415. The molecule has 2 unspecified atom stereocenters. The van der Waals surface area contributed by atoms with Gasteiger partial charge in [0.2, 0.25) is 5.95 Å². The van der Waals surface area contributed by atoms with E-state index in [1.54, 1.807) is 0 Å². The van der Waals surface area contributed by atoms with Crippen LogP contribution in [0.5, 0.6) is 0 Å². The highest BCUT2D eigenvalue weighted by atomic mass is 15.4. The average molecular weight is 289 g/mol. The molecule has 0 radical (unpaired) electrons. The molecular weight excluding hydrogens is 262 g/mol. The lowest BCUT2D eigenvalue weighted by Gasteiger charge is -2.34. The van der Waals surface area contributed by atoms with E-state index in [1.807, 2.05) is 0 Å². The Labute approximate surface area is 126 Å². The first-order valence-electron chi connectivity index (χ1n) is 8.54. The van der Waals surface area contributed by atoms with Gasteiger partial charge in [-0.05, 0) is 50.0 Å². The van der Waals surface area contributed by atoms with Gasteiger partial charge < -0.3 is 10.2 Å². The molecule has 3 heterocycles. The molecule has 0 spiro atoms. The minimum Gasteiger partial charge on any atom is -0.340 e. The van der Waals surface area contributed by atoms with E-state index in [4.69, 9.17) is 4.98 Å². The molecular formula is C16H27N5.